The summed E-state index contributed by atoms with van der Waals surface area (Å²) in [6.07, 6.45) is 1.86. The number of nitrogens with zero attached hydrogens (tertiary/aromatic N) is 2. The van der Waals surface area contributed by atoms with E-state index in [-0.39, 0.29) is 11.5 Å². The van der Waals surface area contributed by atoms with Gasteiger partial charge in [-0.1, -0.05) is 39.0 Å². The summed E-state index contributed by atoms with van der Waals surface area (Å²) in [5.41, 5.74) is 3.07. The van der Waals surface area contributed by atoms with Crippen molar-refractivity contribution in [1.29, 1.82) is 0 Å². The molecule has 0 saturated carbocycles. The fourth-order valence-electron chi connectivity index (χ4n) is 2.82. The van der Waals surface area contributed by atoms with E-state index >= 15 is 0 Å². The van der Waals surface area contributed by atoms with E-state index in [9.17, 15) is 0 Å². The number of aromatic amines is 1. The molecule has 1 aliphatic heterocycles. The van der Waals surface area contributed by atoms with Crippen LogP contribution in [-0.4, -0.2) is 28.5 Å². The Labute approximate surface area is 129 Å². The fraction of sp³-hybridized carbons (Fsp3) is 0.333. The van der Waals surface area contributed by atoms with E-state index in [0.29, 0.717) is 12.5 Å². The van der Waals surface area contributed by atoms with Gasteiger partial charge in [0.05, 0.1) is 17.8 Å². The molecule has 0 radical (unpaired) electrons. The Morgan fingerprint density at radius 2 is 1.95 bits per heavy atom. The number of rotatable bonds is 1. The Hall–Kier alpha value is -2.36. The number of H-pyrrole nitrogens is 1. The van der Waals surface area contributed by atoms with Crippen molar-refractivity contribution < 1.29 is 4.74 Å². The number of hydrogen-bond donors (Lipinski definition) is 1. The normalized spacial score (nSPS) is 18.7. The summed E-state index contributed by atoms with van der Waals surface area (Å²) in [5, 5.41) is 2.36. The first kappa shape index (κ1) is 13.3. The number of ether oxygens (including phenoxy) is 1. The monoisotopic (exact) mass is 293 g/mol. The van der Waals surface area contributed by atoms with Gasteiger partial charge in [0.15, 0.2) is 0 Å². The van der Waals surface area contributed by atoms with Crippen LogP contribution in [0, 0.1) is 5.41 Å². The Morgan fingerprint density at radius 3 is 2.73 bits per heavy atom. The van der Waals surface area contributed by atoms with E-state index in [2.05, 4.69) is 55.0 Å². The van der Waals surface area contributed by atoms with Crippen LogP contribution >= 0.6 is 0 Å². The summed E-state index contributed by atoms with van der Waals surface area (Å²) in [4.78, 5) is 12.6. The first-order chi connectivity index (χ1) is 10.5. The fourth-order valence-corrected chi connectivity index (χ4v) is 2.82. The van der Waals surface area contributed by atoms with E-state index in [1.807, 2.05) is 12.3 Å². The zero-order valence-electron chi connectivity index (χ0n) is 13.1. The van der Waals surface area contributed by atoms with E-state index < -0.39 is 0 Å². The Kier molecular flexibility index (Phi) is 2.76. The molecular weight excluding hydrogens is 274 g/mol. The largest absolute Gasteiger partial charge is 0.474 e. The van der Waals surface area contributed by atoms with Gasteiger partial charge in [0.25, 0.3) is 0 Å². The van der Waals surface area contributed by atoms with Crippen LogP contribution in [0.1, 0.15) is 26.5 Å². The average molecular weight is 293 g/mol. The zero-order chi connectivity index (χ0) is 15.3. The van der Waals surface area contributed by atoms with Crippen molar-refractivity contribution in [3.63, 3.8) is 0 Å². The minimum atomic E-state index is 0.104. The summed E-state index contributed by atoms with van der Waals surface area (Å²) >= 11 is 0. The molecule has 0 unspecified atom stereocenters. The number of aromatic nitrogens is 2. The highest BCUT2D eigenvalue weighted by molar-refractivity contribution is 6.09. The summed E-state index contributed by atoms with van der Waals surface area (Å²) in [6, 6.07) is 10.5. The summed E-state index contributed by atoms with van der Waals surface area (Å²) in [6.45, 7) is 7.18. The molecule has 0 saturated heterocycles. The van der Waals surface area contributed by atoms with Crippen molar-refractivity contribution in [3.8, 4) is 0 Å². The highest BCUT2D eigenvalue weighted by atomic mass is 16.5. The van der Waals surface area contributed by atoms with E-state index in [4.69, 9.17) is 9.73 Å². The van der Waals surface area contributed by atoms with Gasteiger partial charge in [0.1, 0.15) is 12.3 Å². The Morgan fingerprint density at radius 1 is 1.14 bits per heavy atom. The predicted molar refractivity (Wildman–Crippen MR) is 89.3 cm³/mol. The third-order valence-electron chi connectivity index (χ3n) is 4.26. The third kappa shape index (κ3) is 2.06. The summed E-state index contributed by atoms with van der Waals surface area (Å²) in [7, 11) is 0. The lowest BCUT2D eigenvalue weighted by molar-refractivity contribution is 0.235. The van der Waals surface area contributed by atoms with Crippen molar-refractivity contribution in [2.75, 3.05) is 6.61 Å². The van der Waals surface area contributed by atoms with E-state index in [0.717, 1.165) is 22.1 Å². The molecule has 0 spiro atoms. The maximum absolute atomic E-state index is 5.79. The standard InChI is InChI=1S/C18H19N3O/c1-18(2,3)16-10-22-17(21-16)14-8-12-11-6-4-5-7-13(11)20-15(12)9-19-14/h4-9,16,20H,10H2,1-3H3/t16-/m1/s1. The van der Waals surface area contributed by atoms with Gasteiger partial charge in [-0.15, -0.1) is 0 Å². The molecule has 3 heterocycles. The second kappa shape index (κ2) is 4.57. The van der Waals surface area contributed by atoms with Crippen LogP contribution in [0.5, 0.6) is 0 Å². The maximum atomic E-state index is 5.79. The molecule has 4 nitrogen and oxygen atoms in total. The molecule has 1 atom stereocenters. The second-order valence-electron chi connectivity index (χ2n) is 6.91. The highest BCUT2D eigenvalue weighted by Gasteiger charge is 2.31. The molecule has 22 heavy (non-hydrogen) atoms. The first-order valence-corrected chi connectivity index (χ1v) is 7.60. The van der Waals surface area contributed by atoms with Crippen LogP contribution in [0.25, 0.3) is 21.8 Å². The molecule has 2 aromatic heterocycles. The van der Waals surface area contributed by atoms with Gasteiger partial charge >= 0.3 is 0 Å². The Balaban J connectivity index is 1.82. The summed E-state index contributed by atoms with van der Waals surface area (Å²) < 4.78 is 5.79. The van der Waals surface area contributed by atoms with Crippen LogP contribution in [0.15, 0.2) is 41.5 Å². The van der Waals surface area contributed by atoms with Gasteiger partial charge < -0.3 is 9.72 Å². The SMILES string of the molecule is CC(C)(C)[C@H]1COC(c2cc3c(cn2)[nH]c2ccccc23)=N1. The van der Waals surface area contributed by atoms with E-state index in [1.54, 1.807) is 0 Å². The number of hydrogen-bond acceptors (Lipinski definition) is 3. The van der Waals surface area contributed by atoms with Crippen LogP contribution in [0.2, 0.25) is 0 Å². The van der Waals surface area contributed by atoms with Crippen molar-refractivity contribution in [2.45, 2.75) is 26.8 Å². The zero-order valence-corrected chi connectivity index (χ0v) is 13.1. The van der Waals surface area contributed by atoms with Crippen molar-refractivity contribution in [3.05, 3.63) is 42.2 Å². The molecule has 1 N–H and O–H groups in total. The second-order valence-corrected chi connectivity index (χ2v) is 6.91. The molecule has 1 aliphatic rings. The predicted octanol–water partition coefficient (Wildman–Crippen LogP) is 3.91. The molecule has 4 rings (SSSR count). The number of nitrogens with one attached hydrogen (secondary N) is 1. The number of benzene rings is 1. The van der Waals surface area contributed by atoms with Crippen LogP contribution in [0.4, 0.5) is 0 Å². The van der Waals surface area contributed by atoms with Crippen LogP contribution in [0.3, 0.4) is 0 Å². The first-order valence-electron chi connectivity index (χ1n) is 7.60. The minimum absolute atomic E-state index is 0.104. The molecule has 112 valence electrons. The smallest absolute Gasteiger partial charge is 0.235 e. The highest BCUT2D eigenvalue weighted by Crippen LogP contribution is 2.29. The molecule has 0 amide bonds. The molecule has 0 aliphatic carbocycles. The minimum Gasteiger partial charge on any atom is -0.474 e. The van der Waals surface area contributed by atoms with Crippen molar-refractivity contribution >= 4 is 27.7 Å². The molecule has 4 heteroatoms. The van der Waals surface area contributed by atoms with Gasteiger partial charge in [0, 0.05) is 16.3 Å². The van der Waals surface area contributed by atoms with Gasteiger partial charge in [-0.2, -0.15) is 0 Å². The number of aliphatic imine (C=N–C) groups is 1. The van der Waals surface area contributed by atoms with Crippen LogP contribution < -0.4 is 0 Å². The lowest BCUT2D eigenvalue weighted by Gasteiger charge is -2.21. The molecule has 0 fully saturated rings. The van der Waals surface area contributed by atoms with Crippen molar-refractivity contribution in [1.82, 2.24) is 9.97 Å². The van der Waals surface area contributed by atoms with Gasteiger partial charge in [-0.3, -0.25) is 0 Å². The molecule has 3 aromatic rings. The maximum Gasteiger partial charge on any atom is 0.235 e. The number of pyridine rings is 1. The quantitative estimate of drug-likeness (QED) is 0.739. The lowest BCUT2D eigenvalue weighted by Crippen LogP contribution is -2.25. The van der Waals surface area contributed by atoms with Gasteiger partial charge in [-0.25, -0.2) is 9.98 Å². The lowest BCUT2D eigenvalue weighted by atomic mass is 9.88. The summed E-state index contributed by atoms with van der Waals surface area (Å²) in [5.74, 6) is 0.659. The molecule has 1 aromatic carbocycles. The average Bonchev–Trinajstić information content (AvgIpc) is 3.11. The topological polar surface area (TPSA) is 50.3 Å². The third-order valence-corrected chi connectivity index (χ3v) is 4.26. The van der Waals surface area contributed by atoms with Crippen LogP contribution in [-0.2, 0) is 4.74 Å². The molecular formula is C18H19N3O. The Bertz CT molecular complexity index is 886. The van der Waals surface area contributed by atoms with E-state index in [1.165, 1.54) is 5.39 Å². The number of fused-ring (bicyclic) bond motifs is 3. The van der Waals surface area contributed by atoms with Crippen molar-refractivity contribution in [2.24, 2.45) is 10.4 Å². The number of para-hydroxylation sites is 1. The van der Waals surface area contributed by atoms with Gasteiger partial charge in [0.2, 0.25) is 5.90 Å². The van der Waals surface area contributed by atoms with Gasteiger partial charge in [-0.05, 0) is 17.5 Å². The molecule has 0 bridgehead atoms.